The smallest absolute Gasteiger partial charge is 0.250 e. The van der Waals surface area contributed by atoms with Crippen LogP contribution in [0.15, 0.2) is 48.5 Å². The van der Waals surface area contributed by atoms with Gasteiger partial charge >= 0.3 is 0 Å². The monoisotopic (exact) mass is 312 g/mol. The number of carbonyl (C=O) groups is 1. The van der Waals surface area contributed by atoms with Crippen LogP contribution in [0.1, 0.15) is 11.1 Å². The first-order valence-corrected chi connectivity index (χ1v) is 7.54. The van der Waals surface area contributed by atoms with Crippen molar-refractivity contribution in [3.8, 4) is 0 Å². The van der Waals surface area contributed by atoms with E-state index in [1.807, 2.05) is 25.1 Å². The quantitative estimate of drug-likeness (QED) is 0.729. The van der Waals surface area contributed by atoms with Crippen molar-refractivity contribution in [3.05, 3.63) is 65.5 Å². The van der Waals surface area contributed by atoms with Gasteiger partial charge in [0, 0.05) is 6.08 Å². The maximum Gasteiger partial charge on any atom is 0.250 e. The summed E-state index contributed by atoms with van der Waals surface area (Å²) in [5.74, 6) is -0.620. The Morgan fingerprint density at radius 3 is 2.86 bits per heavy atom. The summed E-state index contributed by atoms with van der Waals surface area (Å²) >= 11 is 1.43. The number of carbonyl (C=O) groups excluding carboxylic acids is 1. The van der Waals surface area contributed by atoms with E-state index in [1.54, 1.807) is 18.2 Å². The van der Waals surface area contributed by atoms with Crippen LogP contribution in [0.25, 0.3) is 16.3 Å². The molecule has 0 saturated heterocycles. The first kappa shape index (κ1) is 14.4. The minimum Gasteiger partial charge on any atom is -0.298 e. The van der Waals surface area contributed by atoms with Gasteiger partial charge in [-0.05, 0) is 42.3 Å². The zero-order valence-corrected chi connectivity index (χ0v) is 12.7. The van der Waals surface area contributed by atoms with Gasteiger partial charge in [0.05, 0.1) is 10.2 Å². The molecule has 0 unspecified atom stereocenters. The number of anilines is 1. The third-order valence-electron chi connectivity index (χ3n) is 3.13. The molecular weight excluding hydrogens is 299 g/mol. The fourth-order valence-electron chi connectivity index (χ4n) is 2.07. The van der Waals surface area contributed by atoms with Gasteiger partial charge in [-0.15, -0.1) is 0 Å². The molecular formula is C17H13FN2OS. The summed E-state index contributed by atoms with van der Waals surface area (Å²) in [6.07, 6.45) is 2.94. The van der Waals surface area contributed by atoms with Crippen molar-refractivity contribution in [1.29, 1.82) is 0 Å². The van der Waals surface area contributed by atoms with E-state index in [2.05, 4.69) is 10.3 Å². The minimum atomic E-state index is -0.329. The van der Waals surface area contributed by atoms with Crippen molar-refractivity contribution in [2.75, 3.05) is 5.32 Å². The van der Waals surface area contributed by atoms with Crippen molar-refractivity contribution < 1.29 is 9.18 Å². The average Bonchev–Trinajstić information content (AvgIpc) is 2.89. The van der Waals surface area contributed by atoms with Crippen LogP contribution < -0.4 is 5.32 Å². The van der Waals surface area contributed by atoms with Crippen molar-refractivity contribution in [2.45, 2.75) is 6.92 Å². The lowest BCUT2D eigenvalue weighted by Crippen LogP contribution is -2.07. The van der Waals surface area contributed by atoms with Crippen LogP contribution in [0.5, 0.6) is 0 Å². The van der Waals surface area contributed by atoms with Crippen LogP contribution >= 0.6 is 11.3 Å². The topological polar surface area (TPSA) is 42.0 Å². The van der Waals surface area contributed by atoms with Crippen molar-refractivity contribution >= 4 is 38.7 Å². The molecule has 1 N–H and O–H groups in total. The van der Waals surface area contributed by atoms with Crippen molar-refractivity contribution in [2.24, 2.45) is 0 Å². The molecule has 5 heteroatoms. The SMILES string of the molecule is Cc1cccc2sc(NC(=O)/C=C/c3cccc(F)c3)nc12. The number of halogens is 1. The van der Waals surface area contributed by atoms with E-state index in [4.69, 9.17) is 0 Å². The molecule has 110 valence electrons. The molecule has 0 aliphatic carbocycles. The van der Waals surface area contributed by atoms with Gasteiger partial charge in [-0.3, -0.25) is 10.1 Å². The standard InChI is InChI=1S/C17H13FN2OS/c1-11-4-2-7-14-16(11)20-17(22-14)19-15(21)9-8-12-5-3-6-13(18)10-12/h2-10H,1H3,(H,19,20,21)/b9-8+. The molecule has 0 spiro atoms. The number of thiazole rings is 1. The second-order valence-corrected chi connectivity index (χ2v) is 5.85. The van der Waals surface area contributed by atoms with E-state index in [1.165, 1.54) is 29.5 Å². The van der Waals surface area contributed by atoms with Gasteiger partial charge in [0.1, 0.15) is 5.82 Å². The summed E-state index contributed by atoms with van der Waals surface area (Å²) in [7, 11) is 0. The van der Waals surface area contributed by atoms with Crippen LogP contribution in [0.4, 0.5) is 9.52 Å². The fourth-order valence-corrected chi connectivity index (χ4v) is 3.02. The van der Waals surface area contributed by atoms with Gasteiger partial charge in [0.2, 0.25) is 5.91 Å². The second kappa shape index (κ2) is 6.07. The number of fused-ring (bicyclic) bond motifs is 1. The predicted octanol–water partition coefficient (Wildman–Crippen LogP) is 4.40. The number of nitrogens with zero attached hydrogens (tertiary/aromatic N) is 1. The molecule has 0 bridgehead atoms. The first-order chi connectivity index (χ1) is 10.6. The molecule has 3 nitrogen and oxygen atoms in total. The van der Waals surface area contributed by atoms with E-state index in [0.29, 0.717) is 10.7 Å². The number of aromatic nitrogens is 1. The highest BCUT2D eigenvalue weighted by Crippen LogP contribution is 2.27. The summed E-state index contributed by atoms with van der Waals surface area (Å²) < 4.78 is 14.1. The highest BCUT2D eigenvalue weighted by Gasteiger charge is 2.07. The second-order valence-electron chi connectivity index (χ2n) is 4.82. The first-order valence-electron chi connectivity index (χ1n) is 6.72. The van der Waals surface area contributed by atoms with Crippen LogP contribution in [-0.2, 0) is 4.79 Å². The lowest BCUT2D eigenvalue weighted by atomic mass is 10.2. The van der Waals surface area contributed by atoms with Gasteiger partial charge < -0.3 is 0 Å². The van der Waals surface area contributed by atoms with E-state index in [9.17, 15) is 9.18 Å². The molecule has 3 rings (SSSR count). The molecule has 0 aliphatic rings. The van der Waals surface area contributed by atoms with Crippen LogP contribution in [0, 0.1) is 12.7 Å². The maximum absolute atomic E-state index is 13.1. The van der Waals surface area contributed by atoms with E-state index >= 15 is 0 Å². The highest BCUT2D eigenvalue weighted by molar-refractivity contribution is 7.22. The zero-order valence-electron chi connectivity index (χ0n) is 11.8. The van der Waals surface area contributed by atoms with E-state index in [0.717, 1.165) is 15.8 Å². The van der Waals surface area contributed by atoms with Gasteiger partial charge in [0.25, 0.3) is 0 Å². The lowest BCUT2D eigenvalue weighted by molar-refractivity contribution is -0.111. The third-order valence-corrected chi connectivity index (χ3v) is 4.06. The number of hydrogen-bond donors (Lipinski definition) is 1. The summed E-state index contributed by atoms with van der Waals surface area (Å²) in [6.45, 7) is 1.98. The Bertz CT molecular complexity index is 870. The lowest BCUT2D eigenvalue weighted by Gasteiger charge is -1.96. The van der Waals surface area contributed by atoms with Crippen molar-refractivity contribution in [3.63, 3.8) is 0 Å². The number of nitrogens with one attached hydrogen (secondary N) is 1. The number of benzene rings is 2. The summed E-state index contributed by atoms with van der Waals surface area (Å²) in [5.41, 5.74) is 2.61. The third kappa shape index (κ3) is 3.20. The summed E-state index contributed by atoms with van der Waals surface area (Å²) in [4.78, 5) is 16.3. The molecule has 0 atom stereocenters. The minimum absolute atomic E-state index is 0.291. The number of amides is 1. The largest absolute Gasteiger partial charge is 0.298 e. The summed E-state index contributed by atoms with van der Waals surface area (Å²) in [5, 5.41) is 3.29. The Labute approximate surface area is 131 Å². The highest BCUT2D eigenvalue weighted by atomic mass is 32.1. The molecule has 22 heavy (non-hydrogen) atoms. The number of aryl methyl sites for hydroxylation is 1. The molecule has 0 aliphatic heterocycles. The van der Waals surface area contributed by atoms with Gasteiger partial charge in [-0.25, -0.2) is 9.37 Å². The maximum atomic E-state index is 13.1. The normalized spacial score (nSPS) is 11.2. The summed E-state index contributed by atoms with van der Waals surface area (Å²) in [6, 6.07) is 12.0. The molecule has 0 fully saturated rings. The van der Waals surface area contributed by atoms with Crippen LogP contribution in [0.3, 0.4) is 0 Å². The molecule has 1 heterocycles. The van der Waals surface area contributed by atoms with E-state index < -0.39 is 0 Å². The van der Waals surface area contributed by atoms with Crippen molar-refractivity contribution in [1.82, 2.24) is 4.98 Å². The average molecular weight is 312 g/mol. The number of para-hydroxylation sites is 1. The Morgan fingerprint density at radius 2 is 2.09 bits per heavy atom. The van der Waals surface area contributed by atoms with Gasteiger partial charge in [0.15, 0.2) is 5.13 Å². The Hall–Kier alpha value is -2.53. The van der Waals surface area contributed by atoms with Crippen LogP contribution in [0.2, 0.25) is 0 Å². The van der Waals surface area contributed by atoms with Crippen LogP contribution in [-0.4, -0.2) is 10.9 Å². The van der Waals surface area contributed by atoms with Gasteiger partial charge in [-0.1, -0.05) is 35.6 Å². The van der Waals surface area contributed by atoms with Gasteiger partial charge in [-0.2, -0.15) is 0 Å². The molecule has 1 amide bonds. The Kier molecular flexibility index (Phi) is 3.98. The molecule has 2 aromatic carbocycles. The fraction of sp³-hybridized carbons (Fsp3) is 0.0588. The molecule has 3 aromatic rings. The molecule has 0 radical (unpaired) electrons. The molecule has 0 saturated carbocycles. The molecule has 1 aromatic heterocycles. The Morgan fingerprint density at radius 1 is 1.27 bits per heavy atom. The predicted molar refractivity (Wildman–Crippen MR) is 88.4 cm³/mol. The Balaban J connectivity index is 1.74. The number of hydrogen-bond acceptors (Lipinski definition) is 3. The van der Waals surface area contributed by atoms with E-state index in [-0.39, 0.29) is 11.7 Å². The zero-order chi connectivity index (χ0) is 15.5. The number of rotatable bonds is 3.